The molecule has 0 aliphatic heterocycles. The molecule has 5 heteroatoms. The third-order valence-electron chi connectivity index (χ3n) is 16.0. The van der Waals surface area contributed by atoms with Crippen molar-refractivity contribution in [1.82, 2.24) is 24.1 Å². The molecule has 0 atom stereocenters. The largest absolute Gasteiger partial charge is 0.309 e. The second-order valence-electron chi connectivity index (χ2n) is 20.3. The van der Waals surface area contributed by atoms with Gasteiger partial charge < -0.3 is 9.13 Å². The maximum Gasteiger partial charge on any atom is 0.164 e. The number of hydrogen-bond donors (Lipinski definition) is 0. The Morgan fingerprint density at radius 2 is 0.632 bits per heavy atom. The van der Waals surface area contributed by atoms with Crippen LogP contribution in [0, 0.1) is 0 Å². The zero-order chi connectivity index (χ0) is 49.8. The van der Waals surface area contributed by atoms with Gasteiger partial charge in [-0.15, -0.1) is 0 Å². The van der Waals surface area contributed by atoms with Gasteiger partial charge in [-0.2, -0.15) is 0 Å². The van der Waals surface area contributed by atoms with Crippen LogP contribution in [-0.2, 0) is 12.8 Å². The molecule has 354 valence electrons. The third-order valence-corrected chi connectivity index (χ3v) is 16.0. The fourth-order valence-electron chi connectivity index (χ4n) is 12.6. The first-order valence-electron chi connectivity index (χ1n) is 26.2. The van der Waals surface area contributed by atoms with E-state index >= 15 is 0 Å². The van der Waals surface area contributed by atoms with Crippen molar-refractivity contribution in [3.63, 3.8) is 0 Å². The lowest BCUT2D eigenvalue weighted by Crippen LogP contribution is -2.03. The maximum absolute atomic E-state index is 5.33. The van der Waals surface area contributed by atoms with Gasteiger partial charge in [-0.05, 0) is 134 Å². The van der Waals surface area contributed by atoms with Crippen LogP contribution in [0.25, 0.3) is 134 Å². The molecular formula is C71H45N5. The molecule has 3 aromatic heterocycles. The van der Waals surface area contributed by atoms with Crippen LogP contribution >= 0.6 is 0 Å². The van der Waals surface area contributed by atoms with Crippen molar-refractivity contribution in [2.45, 2.75) is 12.8 Å². The second kappa shape index (κ2) is 16.8. The summed E-state index contributed by atoms with van der Waals surface area (Å²) in [7, 11) is 0. The highest BCUT2D eigenvalue weighted by atomic mass is 15.0. The van der Waals surface area contributed by atoms with Gasteiger partial charge in [0.1, 0.15) is 0 Å². The van der Waals surface area contributed by atoms with Gasteiger partial charge in [-0.25, -0.2) is 15.0 Å². The fourth-order valence-corrected chi connectivity index (χ4v) is 12.6. The van der Waals surface area contributed by atoms with Crippen LogP contribution < -0.4 is 0 Å². The zero-order valence-corrected chi connectivity index (χ0v) is 41.3. The molecule has 0 N–H and O–H groups in total. The predicted octanol–water partition coefficient (Wildman–Crippen LogP) is 17.5. The van der Waals surface area contributed by atoms with E-state index in [2.05, 4.69) is 221 Å². The maximum atomic E-state index is 5.33. The summed E-state index contributed by atoms with van der Waals surface area (Å²) in [6.07, 6.45) is 1.91. The topological polar surface area (TPSA) is 48.5 Å². The Bertz CT molecular complexity index is 4410. The molecule has 3 heterocycles. The van der Waals surface area contributed by atoms with Gasteiger partial charge in [0.2, 0.25) is 0 Å². The summed E-state index contributed by atoms with van der Waals surface area (Å²) in [4.78, 5) is 15.8. The zero-order valence-electron chi connectivity index (χ0n) is 41.3. The SMILES string of the molecule is c1ccc(-c2nc(-c3ccccc3)nc(-c3cc(-n4c5ccccc5c5cc(-c6cccc7c6-c6ccccc6C7)ccc54)cc(-n4c5ccccc5c5cc(-c6cccc7c6-c6ccccc6C7)ccc54)c3)n2)cc1. The first kappa shape index (κ1) is 42.5. The van der Waals surface area contributed by atoms with E-state index in [0.29, 0.717) is 17.5 Å². The first-order valence-corrected chi connectivity index (χ1v) is 26.2. The number of aromatic nitrogens is 5. The summed E-state index contributed by atoms with van der Waals surface area (Å²) in [5.41, 5.74) is 25.1. The highest BCUT2D eigenvalue weighted by Crippen LogP contribution is 2.47. The van der Waals surface area contributed by atoms with Crippen molar-refractivity contribution in [2.24, 2.45) is 0 Å². The lowest BCUT2D eigenvalue weighted by Gasteiger charge is -2.16. The van der Waals surface area contributed by atoms with E-state index in [1.54, 1.807) is 0 Å². The van der Waals surface area contributed by atoms with Crippen LogP contribution in [0.4, 0.5) is 0 Å². The smallest absolute Gasteiger partial charge is 0.164 e. The molecule has 0 fully saturated rings. The van der Waals surface area contributed by atoms with Crippen molar-refractivity contribution in [3.05, 3.63) is 271 Å². The molecule has 14 aromatic rings. The van der Waals surface area contributed by atoms with Gasteiger partial charge in [0.05, 0.1) is 22.1 Å². The summed E-state index contributed by atoms with van der Waals surface area (Å²) in [5.74, 6) is 1.84. The number of fused-ring (bicyclic) bond motifs is 12. The Morgan fingerprint density at radius 1 is 0.250 bits per heavy atom. The number of para-hydroxylation sites is 2. The third kappa shape index (κ3) is 6.62. The number of nitrogens with zero attached hydrogens (tertiary/aromatic N) is 5. The Labute approximate surface area is 439 Å². The first-order chi connectivity index (χ1) is 37.7. The minimum absolute atomic E-state index is 0.596. The van der Waals surface area contributed by atoms with E-state index in [-0.39, 0.29) is 0 Å². The average Bonchev–Trinajstić information content (AvgIpc) is 4.31. The predicted molar refractivity (Wildman–Crippen MR) is 312 cm³/mol. The van der Waals surface area contributed by atoms with E-state index in [9.17, 15) is 0 Å². The van der Waals surface area contributed by atoms with Gasteiger partial charge >= 0.3 is 0 Å². The van der Waals surface area contributed by atoms with E-state index < -0.39 is 0 Å². The molecule has 0 saturated heterocycles. The van der Waals surface area contributed by atoms with Crippen molar-refractivity contribution in [2.75, 3.05) is 0 Å². The van der Waals surface area contributed by atoms with Crippen LogP contribution in [0.2, 0.25) is 0 Å². The van der Waals surface area contributed by atoms with Gasteiger partial charge in [0, 0.05) is 49.6 Å². The molecule has 0 spiro atoms. The van der Waals surface area contributed by atoms with Crippen molar-refractivity contribution in [1.29, 1.82) is 0 Å². The molecule has 0 unspecified atom stereocenters. The molecule has 5 nitrogen and oxygen atoms in total. The van der Waals surface area contributed by atoms with Crippen molar-refractivity contribution >= 4 is 43.6 Å². The molecule has 0 radical (unpaired) electrons. The summed E-state index contributed by atoms with van der Waals surface area (Å²) in [6.45, 7) is 0. The average molecular weight is 968 g/mol. The van der Waals surface area contributed by atoms with E-state index in [1.165, 1.54) is 88.3 Å². The minimum Gasteiger partial charge on any atom is -0.309 e. The van der Waals surface area contributed by atoms with E-state index in [1.807, 2.05) is 36.4 Å². The molecule has 76 heavy (non-hydrogen) atoms. The molecular weight excluding hydrogens is 923 g/mol. The Balaban J connectivity index is 0.942. The lowest BCUT2D eigenvalue weighted by atomic mass is 9.93. The minimum atomic E-state index is 0.596. The fraction of sp³-hybridized carbons (Fsp3) is 0.0282. The highest BCUT2D eigenvalue weighted by Gasteiger charge is 2.26. The molecule has 0 saturated carbocycles. The van der Waals surface area contributed by atoms with Crippen LogP contribution in [0.5, 0.6) is 0 Å². The summed E-state index contributed by atoms with van der Waals surface area (Å²) in [5, 5.41) is 4.77. The molecule has 0 bridgehead atoms. The number of rotatable bonds is 7. The van der Waals surface area contributed by atoms with Crippen LogP contribution in [0.15, 0.2) is 249 Å². The number of hydrogen-bond acceptors (Lipinski definition) is 3. The molecule has 2 aliphatic carbocycles. The lowest BCUT2D eigenvalue weighted by molar-refractivity contribution is 1.07. The normalized spacial score (nSPS) is 12.4. The monoisotopic (exact) mass is 967 g/mol. The number of benzene rings is 11. The second-order valence-corrected chi connectivity index (χ2v) is 20.3. The van der Waals surface area contributed by atoms with E-state index in [4.69, 9.17) is 15.0 Å². The van der Waals surface area contributed by atoms with Crippen LogP contribution in [-0.4, -0.2) is 24.1 Å². The van der Waals surface area contributed by atoms with Gasteiger partial charge in [-0.3, -0.25) is 0 Å². The van der Waals surface area contributed by atoms with Gasteiger partial charge in [0.25, 0.3) is 0 Å². The quantitative estimate of drug-likeness (QED) is 0.160. The van der Waals surface area contributed by atoms with Crippen molar-refractivity contribution < 1.29 is 0 Å². The van der Waals surface area contributed by atoms with Crippen LogP contribution in [0.3, 0.4) is 0 Å². The standard InChI is InChI=1S/C71H45N5/c1-3-17-44(18-4-1)69-72-70(45-19-5-2-6-20-45)74-71(73-69)52-39-53(75-63-31-13-11-27-59(63)61-41-48(33-35-65(61)75)57-29-15-23-50-37-46-21-7-9-25-55(46)67(50)57)43-54(40-52)76-64-32-14-12-28-60(64)62-42-49(34-36-66(62)76)58-30-16-24-51-38-47-22-8-10-26-56(47)68(51)58/h1-36,39-43H,37-38H2. The Kier molecular flexibility index (Phi) is 9.39. The summed E-state index contributed by atoms with van der Waals surface area (Å²) >= 11 is 0. The summed E-state index contributed by atoms with van der Waals surface area (Å²) in [6, 6.07) is 90.4. The Morgan fingerprint density at radius 3 is 1.12 bits per heavy atom. The van der Waals surface area contributed by atoms with Gasteiger partial charge in [-0.1, -0.05) is 194 Å². The van der Waals surface area contributed by atoms with E-state index in [0.717, 1.165) is 63.0 Å². The molecule has 0 amide bonds. The van der Waals surface area contributed by atoms with Crippen molar-refractivity contribution in [3.8, 4) is 90.0 Å². The highest BCUT2D eigenvalue weighted by molar-refractivity contribution is 6.13. The van der Waals surface area contributed by atoms with Crippen LogP contribution in [0.1, 0.15) is 22.3 Å². The molecule has 16 rings (SSSR count). The van der Waals surface area contributed by atoms with Gasteiger partial charge in [0.15, 0.2) is 17.5 Å². The Hall–Kier alpha value is -9.97. The summed E-state index contributed by atoms with van der Waals surface area (Å²) < 4.78 is 4.87. The molecule has 11 aromatic carbocycles. The molecule has 2 aliphatic rings.